The fourth-order valence-electron chi connectivity index (χ4n) is 3.68. The first kappa shape index (κ1) is 15.0. The summed E-state index contributed by atoms with van der Waals surface area (Å²) in [5.41, 5.74) is 2.48. The van der Waals surface area contributed by atoms with Gasteiger partial charge in [0.1, 0.15) is 5.78 Å². The molecule has 0 N–H and O–H groups in total. The number of hydrogen-bond acceptors (Lipinski definition) is 2. The standard InChI is InChI=1S/C20H23NO/c1-3-21-18(16-10-6-4-7-11-16)14-19(22)15(2)20(21)17-12-8-5-9-13-17/h4-13,15,18,20H,3,14H2,1-2H3. The van der Waals surface area contributed by atoms with Crippen LogP contribution in [0.3, 0.4) is 0 Å². The van der Waals surface area contributed by atoms with E-state index in [4.69, 9.17) is 0 Å². The van der Waals surface area contributed by atoms with Crippen LogP contribution in [-0.4, -0.2) is 17.2 Å². The van der Waals surface area contributed by atoms with Crippen LogP contribution in [0.2, 0.25) is 0 Å². The second-order valence-corrected chi connectivity index (χ2v) is 6.07. The third kappa shape index (κ3) is 2.71. The highest BCUT2D eigenvalue weighted by Gasteiger charge is 2.40. The summed E-state index contributed by atoms with van der Waals surface area (Å²) in [4.78, 5) is 15.1. The van der Waals surface area contributed by atoms with Crippen molar-refractivity contribution in [3.05, 3.63) is 71.8 Å². The summed E-state index contributed by atoms with van der Waals surface area (Å²) in [5.74, 6) is 0.412. The fourth-order valence-corrected chi connectivity index (χ4v) is 3.68. The molecule has 3 atom stereocenters. The summed E-state index contributed by atoms with van der Waals surface area (Å²) < 4.78 is 0. The summed E-state index contributed by atoms with van der Waals surface area (Å²) in [6.07, 6.45) is 0.613. The van der Waals surface area contributed by atoms with Gasteiger partial charge >= 0.3 is 0 Å². The lowest BCUT2D eigenvalue weighted by molar-refractivity contribution is -0.131. The lowest BCUT2D eigenvalue weighted by Crippen LogP contribution is -2.44. The molecule has 0 radical (unpaired) electrons. The van der Waals surface area contributed by atoms with Crippen molar-refractivity contribution in [2.24, 2.45) is 5.92 Å². The second-order valence-electron chi connectivity index (χ2n) is 6.07. The first-order valence-corrected chi connectivity index (χ1v) is 8.10. The van der Waals surface area contributed by atoms with Crippen LogP contribution in [-0.2, 0) is 4.79 Å². The van der Waals surface area contributed by atoms with E-state index in [1.807, 2.05) is 12.1 Å². The third-order valence-electron chi connectivity index (χ3n) is 4.82. The molecule has 0 spiro atoms. The van der Waals surface area contributed by atoms with Gasteiger partial charge in [-0.2, -0.15) is 0 Å². The molecule has 114 valence electrons. The molecule has 3 rings (SSSR count). The van der Waals surface area contributed by atoms with Gasteiger partial charge in [-0.3, -0.25) is 9.69 Å². The minimum absolute atomic E-state index is 0.0438. The quantitative estimate of drug-likeness (QED) is 0.836. The molecule has 1 saturated heterocycles. The van der Waals surface area contributed by atoms with Crippen molar-refractivity contribution in [3.63, 3.8) is 0 Å². The Kier molecular flexibility index (Phi) is 4.39. The molecule has 0 amide bonds. The van der Waals surface area contributed by atoms with Crippen molar-refractivity contribution in [1.82, 2.24) is 4.90 Å². The molecular formula is C20H23NO. The molecule has 0 aliphatic carbocycles. The van der Waals surface area contributed by atoms with Crippen LogP contribution in [0, 0.1) is 5.92 Å². The molecule has 1 fully saturated rings. The zero-order chi connectivity index (χ0) is 15.5. The van der Waals surface area contributed by atoms with E-state index in [1.165, 1.54) is 11.1 Å². The minimum atomic E-state index is 0.0438. The van der Waals surface area contributed by atoms with Crippen LogP contribution in [0.15, 0.2) is 60.7 Å². The highest BCUT2D eigenvalue weighted by Crippen LogP contribution is 2.42. The number of carbonyl (C=O) groups is 1. The van der Waals surface area contributed by atoms with E-state index < -0.39 is 0 Å². The molecule has 22 heavy (non-hydrogen) atoms. The van der Waals surface area contributed by atoms with Gasteiger partial charge in [-0.15, -0.1) is 0 Å². The van der Waals surface area contributed by atoms with Gasteiger partial charge in [-0.25, -0.2) is 0 Å². The van der Waals surface area contributed by atoms with Crippen LogP contribution < -0.4 is 0 Å². The van der Waals surface area contributed by atoms with Gasteiger partial charge < -0.3 is 0 Å². The Hall–Kier alpha value is -1.93. The number of nitrogens with zero attached hydrogens (tertiary/aromatic N) is 1. The number of Topliss-reactive ketones (excluding diaryl/α,β-unsaturated/α-hetero) is 1. The van der Waals surface area contributed by atoms with Crippen molar-refractivity contribution in [2.75, 3.05) is 6.54 Å². The molecule has 2 aromatic rings. The van der Waals surface area contributed by atoms with Gasteiger partial charge in [0.2, 0.25) is 0 Å². The number of carbonyl (C=O) groups excluding carboxylic acids is 1. The third-order valence-corrected chi connectivity index (χ3v) is 4.82. The summed E-state index contributed by atoms with van der Waals surface area (Å²) >= 11 is 0. The van der Waals surface area contributed by atoms with Crippen molar-refractivity contribution in [3.8, 4) is 0 Å². The summed E-state index contributed by atoms with van der Waals surface area (Å²) in [6, 6.07) is 21.2. The molecule has 1 aliphatic rings. The minimum Gasteiger partial charge on any atom is -0.299 e. The molecule has 3 unspecified atom stereocenters. The van der Waals surface area contributed by atoms with Crippen LogP contribution >= 0.6 is 0 Å². The monoisotopic (exact) mass is 293 g/mol. The predicted octanol–water partition coefficient (Wildman–Crippen LogP) is 4.40. The molecular weight excluding hydrogens is 270 g/mol. The maximum Gasteiger partial charge on any atom is 0.139 e. The van der Waals surface area contributed by atoms with Crippen LogP contribution in [0.1, 0.15) is 43.5 Å². The van der Waals surface area contributed by atoms with Gasteiger partial charge in [-0.1, -0.05) is 74.5 Å². The first-order chi connectivity index (χ1) is 10.7. The summed E-state index contributed by atoms with van der Waals surface area (Å²) in [6.45, 7) is 5.20. The fraction of sp³-hybridized carbons (Fsp3) is 0.350. The van der Waals surface area contributed by atoms with E-state index in [1.54, 1.807) is 0 Å². The Morgan fingerprint density at radius 3 is 2.05 bits per heavy atom. The highest BCUT2D eigenvalue weighted by atomic mass is 16.1. The number of piperidine rings is 1. The van der Waals surface area contributed by atoms with E-state index in [0.29, 0.717) is 12.2 Å². The van der Waals surface area contributed by atoms with E-state index >= 15 is 0 Å². The molecule has 2 heteroatoms. The average Bonchev–Trinajstić information content (AvgIpc) is 2.58. The number of rotatable bonds is 3. The Morgan fingerprint density at radius 2 is 1.50 bits per heavy atom. The van der Waals surface area contributed by atoms with E-state index in [2.05, 4.69) is 67.3 Å². The van der Waals surface area contributed by atoms with E-state index in [-0.39, 0.29) is 18.0 Å². The highest BCUT2D eigenvalue weighted by molar-refractivity contribution is 5.83. The number of likely N-dealkylation sites (tertiary alicyclic amines) is 1. The Morgan fingerprint density at radius 1 is 0.955 bits per heavy atom. The average molecular weight is 293 g/mol. The van der Waals surface area contributed by atoms with E-state index in [0.717, 1.165) is 6.54 Å². The second kappa shape index (κ2) is 6.45. The SMILES string of the molecule is CCN1C(c2ccccc2)CC(=O)C(C)C1c1ccccc1. The van der Waals surface area contributed by atoms with Gasteiger partial charge in [0, 0.05) is 24.4 Å². The molecule has 2 nitrogen and oxygen atoms in total. The smallest absolute Gasteiger partial charge is 0.139 e. The molecule has 2 aromatic carbocycles. The maximum absolute atomic E-state index is 12.6. The van der Waals surface area contributed by atoms with Crippen LogP contribution in [0.5, 0.6) is 0 Å². The summed E-state index contributed by atoms with van der Waals surface area (Å²) in [7, 11) is 0. The van der Waals surface area contributed by atoms with Gasteiger partial charge in [0.05, 0.1) is 0 Å². The van der Waals surface area contributed by atoms with Crippen molar-refractivity contribution >= 4 is 5.78 Å². The van der Waals surface area contributed by atoms with E-state index in [9.17, 15) is 4.79 Å². The Bertz CT molecular complexity index is 623. The molecule has 1 aliphatic heterocycles. The lowest BCUT2D eigenvalue weighted by Gasteiger charge is -2.44. The molecule has 0 bridgehead atoms. The molecule has 0 aromatic heterocycles. The van der Waals surface area contributed by atoms with Crippen LogP contribution in [0.4, 0.5) is 0 Å². The number of benzene rings is 2. The van der Waals surface area contributed by atoms with Crippen molar-refractivity contribution in [1.29, 1.82) is 0 Å². The zero-order valence-electron chi connectivity index (χ0n) is 13.3. The van der Waals surface area contributed by atoms with Gasteiger partial charge in [-0.05, 0) is 17.7 Å². The Balaban J connectivity index is 2.02. The largest absolute Gasteiger partial charge is 0.299 e. The molecule has 1 heterocycles. The van der Waals surface area contributed by atoms with Crippen molar-refractivity contribution < 1.29 is 4.79 Å². The lowest BCUT2D eigenvalue weighted by atomic mass is 9.80. The van der Waals surface area contributed by atoms with Gasteiger partial charge in [0.15, 0.2) is 0 Å². The summed E-state index contributed by atoms with van der Waals surface area (Å²) in [5, 5.41) is 0. The van der Waals surface area contributed by atoms with Gasteiger partial charge in [0.25, 0.3) is 0 Å². The zero-order valence-corrected chi connectivity index (χ0v) is 13.3. The number of hydrogen-bond donors (Lipinski definition) is 0. The number of ketones is 1. The Labute approximate surface area is 132 Å². The van der Waals surface area contributed by atoms with Crippen LogP contribution in [0.25, 0.3) is 0 Å². The maximum atomic E-state index is 12.6. The molecule has 0 saturated carbocycles. The first-order valence-electron chi connectivity index (χ1n) is 8.10. The topological polar surface area (TPSA) is 20.3 Å². The normalized spacial score (nSPS) is 26.1. The predicted molar refractivity (Wildman–Crippen MR) is 89.5 cm³/mol. The van der Waals surface area contributed by atoms with Crippen molar-refractivity contribution in [2.45, 2.75) is 32.4 Å².